The van der Waals surface area contributed by atoms with Gasteiger partial charge in [0.15, 0.2) is 0 Å². The summed E-state index contributed by atoms with van der Waals surface area (Å²) in [5.74, 6) is -0.792. The number of hydrogen-bond donors (Lipinski definition) is 2. The highest BCUT2D eigenvalue weighted by molar-refractivity contribution is 6.02. The first-order valence-electron chi connectivity index (χ1n) is 6.75. The summed E-state index contributed by atoms with van der Waals surface area (Å²) in [5, 5.41) is 12.0. The van der Waals surface area contributed by atoms with Crippen LogP contribution in [-0.2, 0) is 9.59 Å². The molecule has 0 aromatic heterocycles. The molecule has 18 heavy (non-hydrogen) atoms. The van der Waals surface area contributed by atoms with E-state index in [0.29, 0.717) is 25.3 Å². The van der Waals surface area contributed by atoms with Crippen molar-refractivity contribution in [2.24, 2.45) is 11.3 Å². The number of nitrogens with zero attached hydrogens (tertiary/aromatic N) is 1. The van der Waals surface area contributed by atoms with E-state index >= 15 is 0 Å². The van der Waals surface area contributed by atoms with E-state index in [1.54, 1.807) is 0 Å². The molecule has 1 unspecified atom stereocenters. The molecular formula is C13H22N2O3. The summed E-state index contributed by atoms with van der Waals surface area (Å²) in [6.07, 6.45) is 4.08. The molecule has 0 aromatic carbocycles. The standard InChI is InChI=1S/C13H22N2O3/c1-15-7-2-4-10(9-15)8-14-11(16)13(12(17)18)5-3-6-13/h10H,2-9H2,1H3,(H,14,16)(H,17,18). The molecule has 1 atom stereocenters. The fourth-order valence-corrected chi connectivity index (χ4v) is 2.91. The highest BCUT2D eigenvalue weighted by Crippen LogP contribution is 2.41. The minimum absolute atomic E-state index is 0.283. The van der Waals surface area contributed by atoms with Crippen LogP contribution < -0.4 is 5.32 Å². The molecule has 1 heterocycles. The number of hydrogen-bond acceptors (Lipinski definition) is 3. The lowest BCUT2D eigenvalue weighted by Crippen LogP contribution is -2.52. The zero-order valence-electron chi connectivity index (χ0n) is 10.9. The Bertz CT molecular complexity index is 339. The average Bonchev–Trinajstić information content (AvgIpc) is 2.24. The van der Waals surface area contributed by atoms with Crippen LogP contribution in [0.4, 0.5) is 0 Å². The van der Waals surface area contributed by atoms with Crippen molar-refractivity contribution in [2.75, 3.05) is 26.7 Å². The van der Waals surface area contributed by atoms with E-state index in [2.05, 4.69) is 17.3 Å². The van der Waals surface area contributed by atoms with Crippen LogP contribution in [0.2, 0.25) is 0 Å². The van der Waals surface area contributed by atoms with Gasteiger partial charge in [0.05, 0.1) is 0 Å². The molecule has 5 nitrogen and oxygen atoms in total. The minimum atomic E-state index is -1.12. The largest absolute Gasteiger partial charge is 0.480 e. The second-order valence-corrected chi connectivity index (χ2v) is 5.72. The Morgan fingerprint density at radius 2 is 2.11 bits per heavy atom. The van der Waals surface area contributed by atoms with Crippen LogP contribution in [-0.4, -0.2) is 48.6 Å². The molecule has 2 fully saturated rings. The van der Waals surface area contributed by atoms with E-state index in [-0.39, 0.29) is 5.91 Å². The number of carbonyl (C=O) groups is 2. The fraction of sp³-hybridized carbons (Fsp3) is 0.846. The number of carboxylic acids is 1. The van der Waals surface area contributed by atoms with Gasteiger partial charge in [0.25, 0.3) is 0 Å². The van der Waals surface area contributed by atoms with E-state index in [4.69, 9.17) is 5.11 Å². The van der Waals surface area contributed by atoms with E-state index in [1.807, 2.05) is 0 Å². The molecule has 1 aliphatic heterocycles. The molecule has 2 aliphatic rings. The van der Waals surface area contributed by atoms with Crippen molar-refractivity contribution in [3.05, 3.63) is 0 Å². The Balaban J connectivity index is 1.82. The zero-order valence-corrected chi connectivity index (χ0v) is 10.9. The minimum Gasteiger partial charge on any atom is -0.480 e. The highest BCUT2D eigenvalue weighted by Gasteiger charge is 2.51. The van der Waals surface area contributed by atoms with Crippen LogP contribution in [0.3, 0.4) is 0 Å². The van der Waals surface area contributed by atoms with Crippen LogP contribution in [0.15, 0.2) is 0 Å². The summed E-state index contributed by atoms with van der Waals surface area (Å²) in [5.41, 5.74) is -1.12. The van der Waals surface area contributed by atoms with Gasteiger partial charge in [-0.15, -0.1) is 0 Å². The molecule has 1 saturated heterocycles. The smallest absolute Gasteiger partial charge is 0.319 e. The predicted octanol–water partition coefficient (Wildman–Crippen LogP) is 0.699. The molecule has 0 aromatic rings. The van der Waals surface area contributed by atoms with Crippen molar-refractivity contribution in [2.45, 2.75) is 32.1 Å². The van der Waals surface area contributed by atoms with Crippen molar-refractivity contribution in [1.29, 1.82) is 0 Å². The number of carboxylic acid groups (broad SMARTS) is 1. The third kappa shape index (κ3) is 2.51. The fourth-order valence-electron chi connectivity index (χ4n) is 2.91. The topological polar surface area (TPSA) is 69.6 Å². The number of amides is 1. The van der Waals surface area contributed by atoms with Gasteiger partial charge in [0.2, 0.25) is 5.91 Å². The van der Waals surface area contributed by atoms with Gasteiger partial charge in [-0.05, 0) is 45.2 Å². The normalized spacial score (nSPS) is 27.3. The van der Waals surface area contributed by atoms with Gasteiger partial charge in [0.1, 0.15) is 5.41 Å². The van der Waals surface area contributed by atoms with Crippen LogP contribution in [0.25, 0.3) is 0 Å². The van der Waals surface area contributed by atoms with Crippen LogP contribution in [0.5, 0.6) is 0 Å². The summed E-state index contributed by atoms with van der Waals surface area (Å²) in [6.45, 7) is 2.71. The molecule has 5 heteroatoms. The van der Waals surface area contributed by atoms with Crippen molar-refractivity contribution in [3.8, 4) is 0 Å². The van der Waals surface area contributed by atoms with Crippen LogP contribution >= 0.6 is 0 Å². The highest BCUT2D eigenvalue weighted by atomic mass is 16.4. The lowest BCUT2D eigenvalue weighted by atomic mass is 9.68. The Morgan fingerprint density at radius 1 is 1.39 bits per heavy atom. The number of rotatable bonds is 4. The molecular weight excluding hydrogens is 232 g/mol. The molecule has 2 N–H and O–H groups in total. The summed E-state index contributed by atoms with van der Waals surface area (Å²) >= 11 is 0. The molecule has 1 saturated carbocycles. The van der Waals surface area contributed by atoms with E-state index < -0.39 is 11.4 Å². The van der Waals surface area contributed by atoms with Crippen LogP contribution in [0.1, 0.15) is 32.1 Å². The second-order valence-electron chi connectivity index (χ2n) is 5.72. The average molecular weight is 254 g/mol. The summed E-state index contributed by atoms with van der Waals surface area (Å²) in [7, 11) is 2.08. The predicted molar refractivity (Wildman–Crippen MR) is 67.2 cm³/mol. The van der Waals surface area contributed by atoms with Crippen molar-refractivity contribution < 1.29 is 14.7 Å². The maximum absolute atomic E-state index is 12.0. The number of carbonyl (C=O) groups excluding carboxylic acids is 1. The molecule has 1 amide bonds. The van der Waals surface area contributed by atoms with Gasteiger partial charge in [-0.3, -0.25) is 9.59 Å². The summed E-state index contributed by atoms with van der Waals surface area (Å²) in [6, 6.07) is 0. The molecule has 2 rings (SSSR count). The quantitative estimate of drug-likeness (QED) is 0.725. The summed E-state index contributed by atoms with van der Waals surface area (Å²) in [4.78, 5) is 25.4. The SMILES string of the molecule is CN1CCCC(CNC(=O)C2(C(=O)O)CCC2)C1. The third-order valence-electron chi connectivity index (χ3n) is 4.32. The number of aliphatic carboxylic acids is 1. The first-order chi connectivity index (χ1) is 8.54. The Hall–Kier alpha value is -1.10. The van der Waals surface area contributed by atoms with Gasteiger partial charge in [-0.25, -0.2) is 0 Å². The van der Waals surface area contributed by atoms with Gasteiger partial charge >= 0.3 is 5.97 Å². The lowest BCUT2D eigenvalue weighted by molar-refractivity contribution is -0.162. The number of piperidine rings is 1. The van der Waals surface area contributed by atoms with Crippen molar-refractivity contribution in [1.82, 2.24) is 10.2 Å². The monoisotopic (exact) mass is 254 g/mol. The maximum atomic E-state index is 12.0. The molecule has 0 bridgehead atoms. The first kappa shape index (κ1) is 13.3. The number of nitrogens with one attached hydrogen (secondary N) is 1. The summed E-state index contributed by atoms with van der Waals surface area (Å²) < 4.78 is 0. The molecule has 102 valence electrons. The van der Waals surface area contributed by atoms with Gasteiger partial charge in [-0.1, -0.05) is 6.42 Å². The molecule has 1 aliphatic carbocycles. The number of likely N-dealkylation sites (tertiary alicyclic amines) is 1. The van der Waals surface area contributed by atoms with E-state index in [1.165, 1.54) is 0 Å². The molecule has 0 radical (unpaired) electrons. The van der Waals surface area contributed by atoms with Crippen LogP contribution in [0, 0.1) is 11.3 Å². The van der Waals surface area contributed by atoms with Crippen molar-refractivity contribution >= 4 is 11.9 Å². The second kappa shape index (κ2) is 5.26. The van der Waals surface area contributed by atoms with Gasteiger partial charge in [-0.2, -0.15) is 0 Å². The maximum Gasteiger partial charge on any atom is 0.319 e. The first-order valence-corrected chi connectivity index (χ1v) is 6.75. The van der Waals surface area contributed by atoms with Gasteiger partial charge in [0, 0.05) is 13.1 Å². The van der Waals surface area contributed by atoms with Crippen molar-refractivity contribution in [3.63, 3.8) is 0 Å². The Kier molecular flexibility index (Phi) is 3.90. The van der Waals surface area contributed by atoms with Gasteiger partial charge < -0.3 is 15.3 Å². The lowest BCUT2D eigenvalue weighted by Gasteiger charge is -2.37. The Morgan fingerprint density at radius 3 is 2.61 bits per heavy atom. The third-order valence-corrected chi connectivity index (χ3v) is 4.32. The van der Waals surface area contributed by atoms with E-state index in [0.717, 1.165) is 32.4 Å². The zero-order chi connectivity index (χ0) is 13.2. The Labute approximate surface area is 108 Å². The molecule has 0 spiro atoms. The van der Waals surface area contributed by atoms with E-state index in [9.17, 15) is 9.59 Å².